The molecule has 0 aliphatic rings. The van der Waals surface area contributed by atoms with Gasteiger partial charge in [0.1, 0.15) is 6.07 Å². The fraction of sp³-hybridized carbons (Fsp3) is 0.273. The van der Waals surface area contributed by atoms with Crippen molar-refractivity contribution in [1.29, 1.82) is 5.26 Å². The molecular weight excluding hydrogens is 190 g/mol. The highest BCUT2D eigenvalue weighted by atomic mass is 16.1. The molecule has 0 heterocycles. The average Bonchev–Trinajstić information content (AvgIpc) is 2.19. The van der Waals surface area contributed by atoms with Crippen molar-refractivity contribution in [2.75, 3.05) is 11.9 Å². The van der Waals surface area contributed by atoms with Crippen LogP contribution in [0.2, 0.25) is 0 Å². The summed E-state index contributed by atoms with van der Waals surface area (Å²) in [5, 5.41) is 11.9. The number of nitrogens with zero attached hydrogens (tertiary/aromatic N) is 1. The van der Waals surface area contributed by atoms with Crippen LogP contribution in [0.5, 0.6) is 0 Å². The van der Waals surface area contributed by atoms with Crippen molar-refractivity contribution in [3.63, 3.8) is 0 Å². The number of hydrogen-bond donors (Lipinski definition) is 2. The Labute approximate surface area is 88.7 Å². The summed E-state index contributed by atoms with van der Waals surface area (Å²) in [7, 11) is 0. The average molecular weight is 203 g/mol. The maximum atomic E-state index is 10.5. The first kappa shape index (κ1) is 11.1. The SMILES string of the molecule is Cc1ccc(NCCC(N)=O)c(C#N)c1. The van der Waals surface area contributed by atoms with Gasteiger partial charge in [-0.3, -0.25) is 4.79 Å². The third-order valence-electron chi connectivity index (χ3n) is 1.98. The molecule has 0 radical (unpaired) electrons. The van der Waals surface area contributed by atoms with E-state index in [1.54, 1.807) is 6.07 Å². The third kappa shape index (κ3) is 3.31. The zero-order chi connectivity index (χ0) is 11.3. The van der Waals surface area contributed by atoms with Gasteiger partial charge < -0.3 is 11.1 Å². The van der Waals surface area contributed by atoms with Crippen LogP contribution in [0.1, 0.15) is 17.5 Å². The highest BCUT2D eigenvalue weighted by Gasteiger charge is 2.01. The summed E-state index contributed by atoms with van der Waals surface area (Å²) >= 11 is 0. The van der Waals surface area contributed by atoms with Gasteiger partial charge in [0.2, 0.25) is 5.91 Å². The van der Waals surface area contributed by atoms with Crippen LogP contribution in [0.25, 0.3) is 0 Å². The molecule has 0 fully saturated rings. The van der Waals surface area contributed by atoms with E-state index in [4.69, 9.17) is 11.0 Å². The van der Waals surface area contributed by atoms with Crippen molar-refractivity contribution < 1.29 is 4.79 Å². The van der Waals surface area contributed by atoms with E-state index in [1.807, 2.05) is 19.1 Å². The van der Waals surface area contributed by atoms with E-state index in [1.165, 1.54) is 0 Å². The van der Waals surface area contributed by atoms with Gasteiger partial charge >= 0.3 is 0 Å². The Kier molecular flexibility index (Phi) is 3.69. The summed E-state index contributed by atoms with van der Waals surface area (Å²) in [4.78, 5) is 10.5. The Bertz CT molecular complexity index is 407. The first-order chi connectivity index (χ1) is 7.13. The second-order valence-electron chi connectivity index (χ2n) is 3.30. The molecule has 1 amide bonds. The molecule has 4 heteroatoms. The number of aryl methyl sites for hydroxylation is 1. The van der Waals surface area contributed by atoms with E-state index < -0.39 is 0 Å². The highest BCUT2D eigenvalue weighted by molar-refractivity contribution is 5.74. The lowest BCUT2D eigenvalue weighted by Gasteiger charge is -2.07. The fourth-order valence-electron chi connectivity index (χ4n) is 1.23. The van der Waals surface area contributed by atoms with Gasteiger partial charge in [-0.1, -0.05) is 6.07 Å². The second kappa shape index (κ2) is 5.01. The molecule has 0 saturated heterocycles. The minimum atomic E-state index is -0.354. The number of carbonyl (C=O) groups is 1. The molecule has 1 aromatic rings. The van der Waals surface area contributed by atoms with E-state index in [9.17, 15) is 4.79 Å². The van der Waals surface area contributed by atoms with Crippen LogP contribution in [0, 0.1) is 18.3 Å². The first-order valence-electron chi connectivity index (χ1n) is 4.66. The van der Waals surface area contributed by atoms with Crippen LogP contribution in [-0.4, -0.2) is 12.5 Å². The summed E-state index contributed by atoms with van der Waals surface area (Å²) in [5.74, 6) is -0.354. The minimum Gasteiger partial charge on any atom is -0.383 e. The topological polar surface area (TPSA) is 78.9 Å². The Morgan fingerprint density at radius 1 is 1.60 bits per heavy atom. The number of primary amides is 1. The zero-order valence-electron chi connectivity index (χ0n) is 8.58. The summed E-state index contributed by atoms with van der Waals surface area (Å²) < 4.78 is 0. The van der Waals surface area contributed by atoms with E-state index >= 15 is 0 Å². The molecule has 0 unspecified atom stereocenters. The van der Waals surface area contributed by atoms with Gasteiger partial charge in [0.25, 0.3) is 0 Å². The van der Waals surface area contributed by atoms with Crippen molar-refractivity contribution in [2.24, 2.45) is 5.73 Å². The maximum Gasteiger partial charge on any atom is 0.219 e. The van der Waals surface area contributed by atoms with Crippen LogP contribution in [-0.2, 0) is 4.79 Å². The molecule has 1 rings (SSSR count). The lowest BCUT2D eigenvalue weighted by Crippen LogP contribution is -2.16. The van der Waals surface area contributed by atoms with Crippen LogP contribution in [0.4, 0.5) is 5.69 Å². The van der Waals surface area contributed by atoms with Gasteiger partial charge in [-0.25, -0.2) is 0 Å². The Morgan fingerprint density at radius 2 is 2.33 bits per heavy atom. The van der Waals surface area contributed by atoms with Crippen LogP contribution >= 0.6 is 0 Å². The molecular formula is C11H13N3O. The van der Waals surface area contributed by atoms with Crippen molar-refractivity contribution >= 4 is 11.6 Å². The van der Waals surface area contributed by atoms with Crippen molar-refractivity contribution in [3.05, 3.63) is 29.3 Å². The number of hydrogen-bond acceptors (Lipinski definition) is 3. The van der Waals surface area contributed by atoms with E-state index in [2.05, 4.69) is 11.4 Å². The Balaban J connectivity index is 2.69. The van der Waals surface area contributed by atoms with E-state index in [-0.39, 0.29) is 12.3 Å². The lowest BCUT2D eigenvalue weighted by atomic mass is 10.1. The molecule has 0 saturated carbocycles. The quantitative estimate of drug-likeness (QED) is 0.770. The normalized spacial score (nSPS) is 9.33. The molecule has 0 aliphatic heterocycles. The molecule has 0 bridgehead atoms. The number of nitriles is 1. The van der Waals surface area contributed by atoms with Gasteiger partial charge in [0.15, 0.2) is 0 Å². The van der Waals surface area contributed by atoms with Gasteiger partial charge in [-0.05, 0) is 24.6 Å². The number of carbonyl (C=O) groups excluding carboxylic acids is 1. The predicted octanol–water partition coefficient (Wildman–Crippen LogP) is 1.15. The van der Waals surface area contributed by atoms with Crippen molar-refractivity contribution in [1.82, 2.24) is 0 Å². The van der Waals surface area contributed by atoms with Gasteiger partial charge in [0.05, 0.1) is 11.3 Å². The number of nitrogens with one attached hydrogen (secondary N) is 1. The van der Waals surface area contributed by atoms with Gasteiger partial charge in [-0.2, -0.15) is 5.26 Å². The van der Waals surface area contributed by atoms with Crippen molar-refractivity contribution in [2.45, 2.75) is 13.3 Å². The van der Waals surface area contributed by atoms with E-state index in [0.717, 1.165) is 11.3 Å². The highest BCUT2D eigenvalue weighted by Crippen LogP contribution is 2.15. The van der Waals surface area contributed by atoms with Crippen LogP contribution in [0.3, 0.4) is 0 Å². The molecule has 78 valence electrons. The largest absolute Gasteiger partial charge is 0.383 e. The number of amides is 1. The van der Waals surface area contributed by atoms with Gasteiger partial charge in [0, 0.05) is 13.0 Å². The zero-order valence-corrected chi connectivity index (χ0v) is 8.58. The maximum absolute atomic E-state index is 10.5. The van der Waals surface area contributed by atoms with Crippen molar-refractivity contribution in [3.8, 4) is 6.07 Å². The molecule has 15 heavy (non-hydrogen) atoms. The Morgan fingerprint density at radius 3 is 2.93 bits per heavy atom. The molecule has 1 aromatic carbocycles. The number of anilines is 1. The van der Waals surface area contributed by atoms with Gasteiger partial charge in [-0.15, -0.1) is 0 Å². The second-order valence-corrected chi connectivity index (χ2v) is 3.30. The minimum absolute atomic E-state index is 0.263. The Hall–Kier alpha value is -2.02. The summed E-state index contributed by atoms with van der Waals surface area (Å²) in [6.07, 6.45) is 0.263. The summed E-state index contributed by atoms with van der Waals surface area (Å²) in [6, 6.07) is 7.63. The predicted molar refractivity (Wildman–Crippen MR) is 58.2 cm³/mol. The fourth-order valence-corrected chi connectivity index (χ4v) is 1.23. The molecule has 0 spiro atoms. The monoisotopic (exact) mass is 203 g/mol. The van der Waals surface area contributed by atoms with E-state index in [0.29, 0.717) is 12.1 Å². The molecule has 3 N–H and O–H groups in total. The smallest absolute Gasteiger partial charge is 0.219 e. The third-order valence-corrected chi connectivity index (χ3v) is 1.98. The standard InChI is InChI=1S/C11H13N3O/c1-8-2-3-10(9(6-8)7-12)14-5-4-11(13)15/h2-3,6,14H,4-5H2,1H3,(H2,13,15). The molecule has 0 atom stereocenters. The van der Waals surface area contributed by atoms with Crippen LogP contribution < -0.4 is 11.1 Å². The first-order valence-corrected chi connectivity index (χ1v) is 4.66. The molecule has 0 aliphatic carbocycles. The number of rotatable bonds is 4. The number of nitrogens with two attached hydrogens (primary N) is 1. The summed E-state index contributed by atoms with van der Waals surface area (Å²) in [5.41, 5.74) is 7.36. The number of benzene rings is 1. The molecule has 0 aromatic heterocycles. The summed E-state index contributed by atoms with van der Waals surface area (Å²) in [6.45, 7) is 2.38. The lowest BCUT2D eigenvalue weighted by molar-refractivity contribution is -0.117. The van der Waals surface area contributed by atoms with Crippen LogP contribution in [0.15, 0.2) is 18.2 Å². The molecule has 4 nitrogen and oxygen atoms in total.